The number of nitrogens with zero attached hydrogens (tertiary/aromatic N) is 6. The van der Waals surface area contributed by atoms with Gasteiger partial charge in [0, 0.05) is 38.6 Å². The van der Waals surface area contributed by atoms with Crippen LogP contribution >= 0.6 is 0 Å². The van der Waals surface area contributed by atoms with Gasteiger partial charge in [0.1, 0.15) is 13.1 Å². The number of benzene rings is 2. The minimum Gasteiger partial charge on any atom is -0.341 e. The Bertz CT molecular complexity index is 1350. The smallest absolute Gasteiger partial charge is 0.244 e. The molecule has 1 aliphatic heterocycles. The van der Waals surface area contributed by atoms with Crippen LogP contribution in [-0.4, -0.2) is 67.1 Å². The van der Waals surface area contributed by atoms with Crippen molar-refractivity contribution < 1.29 is 9.59 Å². The number of hydrogen-bond acceptors (Lipinski definition) is 4. The Morgan fingerprint density at radius 1 is 1.03 bits per heavy atom. The van der Waals surface area contributed by atoms with Crippen molar-refractivity contribution in [1.82, 2.24) is 29.1 Å². The predicted molar refractivity (Wildman–Crippen MR) is 143 cm³/mol. The summed E-state index contributed by atoms with van der Waals surface area (Å²) < 4.78 is 3.59. The zero-order valence-electron chi connectivity index (χ0n) is 21.5. The van der Waals surface area contributed by atoms with Gasteiger partial charge in [-0.1, -0.05) is 36.4 Å². The van der Waals surface area contributed by atoms with Crippen LogP contribution in [0.4, 0.5) is 0 Å². The van der Waals surface area contributed by atoms with E-state index in [1.807, 2.05) is 64.0 Å². The number of aryl methyl sites for hydroxylation is 1. The number of piperidine rings is 1. The van der Waals surface area contributed by atoms with Gasteiger partial charge in [-0.25, -0.2) is 4.98 Å². The van der Waals surface area contributed by atoms with E-state index in [9.17, 15) is 9.59 Å². The lowest BCUT2D eigenvalue weighted by Gasteiger charge is -2.40. The molecule has 1 atom stereocenters. The molecule has 37 heavy (non-hydrogen) atoms. The van der Waals surface area contributed by atoms with Crippen molar-refractivity contribution in [2.75, 3.05) is 20.1 Å². The molecule has 0 N–H and O–H groups in total. The maximum absolute atomic E-state index is 13.2. The molecule has 0 unspecified atom stereocenters. The molecule has 0 bridgehead atoms. The second-order valence-electron chi connectivity index (χ2n) is 9.99. The van der Waals surface area contributed by atoms with E-state index >= 15 is 0 Å². The van der Waals surface area contributed by atoms with Gasteiger partial charge in [-0.2, -0.15) is 5.10 Å². The lowest BCUT2D eigenvalue weighted by molar-refractivity contribution is -0.137. The molecule has 0 radical (unpaired) electrons. The molecule has 8 nitrogen and oxygen atoms in total. The first-order valence-electron chi connectivity index (χ1n) is 12.9. The fourth-order valence-electron chi connectivity index (χ4n) is 5.43. The Hall–Kier alpha value is -3.94. The topological polar surface area (TPSA) is 76.3 Å². The number of imidazole rings is 1. The summed E-state index contributed by atoms with van der Waals surface area (Å²) in [5.41, 5.74) is 4.37. The van der Waals surface area contributed by atoms with Crippen LogP contribution in [0.1, 0.15) is 24.0 Å². The largest absolute Gasteiger partial charge is 0.341 e. The number of fused-ring (bicyclic) bond motifs is 1. The van der Waals surface area contributed by atoms with Crippen LogP contribution in [0.2, 0.25) is 0 Å². The number of para-hydroxylation sites is 2. The maximum atomic E-state index is 13.2. The average Bonchev–Trinajstić information content (AvgIpc) is 3.58. The number of aromatic nitrogens is 4. The maximum Gasteiger partial charge on any atom is 0.244 e. The molecule has 2 amide bonds. The van der Waals surface area contributed by atoms with Gasteiger partial charge in [-0.15, -0.1) is 0 Å². The van der Waals surface area contributed by atoms with Gasteiger partial charge in [0.05, 0.1) is 17.4 Å². The van der Waals surface area contributed by atoms with Gasteiger partial charge in [0.25, 0.3) is 0 Å². The Morgan fingerprint density at radius 3 is 2.54 bits per heavy atom. The van der Waals surface area contributed by atoms with Crippen LogP contribution in [0.15, 0.2) is 73.3 Å². The first-order valence-corrected chi connectivity index (χ1v) is 12.9. The number of hydrogen-bond donors (Lipinski definition) is 0. The van der Waals surface area contributed by atoms with Crippen LogP contribution < -0.4 is 0 Å². The monoisotopic (exact) mass is 498 g/mol. The number of rotatable bonds is 8. The van der Waals surface area contributed by atoms with Gasteiger partial charge in [0.2, 0.25) is 11.8 Å². The van der Waals surface area contributed by atoms with Gasteiger partial charge in [-0.3, -0.25) is 14.3 Å². The molecule has 1 saturated heterocycles. The number of carbonyl (C=O) groups excluding carboxylic acids is 2. The molecule has 8 heteroatoms. The van der Waals surface area contributed by atoms with E-state index in [-0.39, 0.29) is 24.4 Å². The van der Waals surface area contributed by atoms with Crippen LogP contribution in [0.3, 0.4) is 0 Å². The minimum absolute atomic E-state index is 0.0489. The molecule has 2 aromatic heterocycles. The van der Waals surface area contributed by atoms with Crippen molar-refractivity contribution in [2.45, 2.75) is 45.3 Å². The summed E-state index contributed by atoms with van der Waals surface area (Å²) in [6.45, 7) is 4.03. The molecular weight excluding hydrogens is 464 g/mol. The summed E-state index contributed by atoms with van der Waals surface area (Å²) >= 11 is 0. The van der Waals surface area contributed by atoms with E-state index in [1.54, 1.807) is 17.2 Å². The van der Waals surface area contributed by atoms with Gasteiger partial charge in [-0.05, 0) is 61.4 Å². The quantitative estimate of drug-likeness (QED) is 0.372. The Labute approximate surface area is 217 Å². The van der Waals surface area contributed by atoms with Crippen molar-refractivity contribution >= 4 is 22.8 Å². The molecule has 3 heterocycles. The highest BCUT2D eigenvalue weighted by molar-refractivity contribution is 5.80. The summed E-state index contributed by atoms with van der Waals surface area (Å²) in [5.74, 6) is 0.470. The first kappa shape index (κ1) is 24.7. The Balaban J connectivity index is 1.26. The fourth-order valence-corrected chi connectivity index (χ4v) is 5.43. The molecule has 192 valence electrons. The first-order chi connectivity index (χ1) is 18.0. The fraction of sp³-hybridized carbons (Fsp3) is 0.379. The highest BCUT2D eigenvalue weighted by Gasteiger charge is 2.33. The molecule has 0 spiro atoms. The van der Waals surface area contributed by atoms with Crippen molar-refractivity contribution in [3.63, 3.8) is 0 Å². The molecule has 0 saturated carbocycles. The second kappa shape index (κ2) is 11.0. The van der Waals surface area contributed by atoms with Crippen molar-refractivity contribution in [2.24, 2.45) is 5.92 Å². The van der Waals surface area contributed by atoms with E-state index in [1.165, 1.54) is 11.1 Å². The summed E-state index contributed by atoms with van der Waals surface area (Å²) in [5, 5.41) is 4.21. The predicted octanol–water partition coefficient (Wildman–Crippen LogP) is 3.55. The van der Waals surface area contributed by atoms with Crippen LogP contribution in [0.25, 0.3) is 11.0 Å². The van der Waals surface area contributed by atoms with Gasteiger partial charge in [0.15, 0.2) is 0 Å². The van der Waals surface area contributed by atoms with Gasteiger partial charge >= 0.3 is 0 Å². The normalized spacial score (nSPS) is 15.1. The SMILES string of the molecule is Cc1ccccc1C[C@H](C1CCN(C(=O)Cn2cnc3ccccc32)CC1)N(C)C(=O)Cn1cccn1. The van der Waals surface area contributed by atoms with E-state index in [0.717, 1.165) is 30.3 Å². The minimum atomic E-state index is 0.0489. The van der Waals surface area contributed by atoms with Gasteiger partial charge < -0.3 is 14.4 Å². The lowest BCUT2D eigenvalue weighted by atomic mass is 9.84. The molecule has 0 aliphatic carbocycles. The highest BCUT2D eigenvalue weighted by Crippen LogP contribution is 2.28. The molecular formula is C29H34N6O2. The van der Waals surface area contributed by atoms with Crippen molar-refractivity contribution in [3.05, 3.63) is 84.4 Å². The second-order valence-corrected chi connectivity index (χ2v) is 9.99. The average molecular weight is 499 g/mol. The van der Waals surface area contributed by atoms with Crippen molar-refractivity contribution in [3.8, 4) is 0 Å². The standard InChI is InChI=1S/C29H34N6O2/c1-22-8-3-4-9-24(22)18-27(32(2)28(36)20-35-15-7-14-31-35)23-12-16-33(17-13-23)29(37)19-34-21-30-25-10-5-6-11-26(25)34/h3-11,14-15,21,23,27H,12-13,16-20H2,1-2H3/t27-/m1/s1. The zero-order valence-corrected chi connectivity index (χ0v) is 21.5. The third-order valence-corrected chi connectivity index (χ3v) is 7.71. The number of amides is 2. The summed E-state index contributed by atoms with van der Waals surface area (Å²) in [7, 11) is 1.91. The molecule has 4 aromatic rings. The summed E-state index contributed by atoms with van der Waals surface area (Å²) in [6.07, 6.45) is 7.78. The van der Waals surface area contributed by atoms with E-state index in [0.29, 0.717) is 25.6 Å². The van der Waals surface area contributed by atoms with Crippen LogP contribution in [0, 0.1) is 12.8 Å². The number of carbonyl (C=O) groups is 2. The van der Waals surface area contributed by atoms with Crippen LogP contribution in [-0.2, 0) is 29.1 Å². The molecule has 5 rings (SSSR count). The number of likely N-dealkylation sites (tertiary alicyclic amines) is 1. The third kappa shape index (κ3) is 5.58. The lowest BCUT2D eigenvalue weighted by Crippen LogP contribution is -2.49. The Morgan fingerprint density at radius 2 is 1.78 bits per heavy atom. The van der Waals surface area contributed by atoms with Crippen molar-refractivity contribution in [1.29, 1.82) is 0 Å². The summed E-state index contributed by atoms with van der Waals surface area (Å²) in [6, 6.07) is 18.2. The highest BCUT2D eigenvalue weighted by atomic mass is 16.2. The summed E-state index contributed by atoms with van der Waals surface area (Å²) in [4.78, 5) is 34.6. The molecule has 1 aliphatic rings. The molecule has 2 aromatic carbocycles. The van der Waals surface area contributed by atoms with E-state index < -0.39 is 0 Å². The van der Waals surface area contributed by atoms with E-state index in [4.69, 9.17) is 0 Å². The number of likely N-dealkylation sites (N-methyl/N-ethyl adjacent to an activating group) is 1. The third-order valence-electron chi connectivity index (χ3n) is 7.71. The van der Waals surface area contributed by atoms with Crippen LogP contribution in [0.5, 0.6) is 0 Å². The Kier molecular flexibility index (Phi) is 7.35. The van der Waals surface area contributed by atoms with E-state index in [2.05, 4.69) is 35.2 Å². The molecule has 1 fully saturated rings. The zero-order chi connectivity index (χ0) is 25.8.